The van der Waals surface area contributed by atoms with Crippen LogP contribution in [0.25, 0.3) is 0 Å². The SMILES string of the molecule is COc1ccc(COC(=O)[C@H]2CCCC[C@H]2C(=O)N2CCc3c(Cl)ccc(O)c3C2CN2Cc3ccccc3C2=O)c(OC)c1. The van der Waals surface area contributed by atoms with Gasteiger partial charge in [-0.3, -0.25) is 14.4 Å². The highest BCUT2D eigenvalue weighted by atomic mass is 35.5. The summed E-state index contributed by atoms with van der Waals surface area (Å²) in [5, 5.41) is 11.6. The maximum atomic E-state index is 14.5. The molecule has 1 fully saturated rings. The molecule has 1 unspecified atom stereocenters. The Balaban J connectivity index is 1.25. The van der Waals surface area contributed by atoms with Crippen molar-refractivity contribution in [2.45, 2.75) is 51.3 Å². The molecule has 0 bridgehead atoms. The highest BCUT2D eigenvalue weighted by Crippen LogP contribution is 2.43. The number of ether oxygens (including phenoxy) is 3. The van der Waals surface area contributed by atoms with Gasteiger partial charge in [0.15, 0.2) is 0 Å². The molecule has 2 heterocycles. The Kier molecular flexibility index (Phi) is 8.90. The van der Waals surface area contributed by atoms with Gasteiger partial charge in [0.25, 0.3) is 5.91 Å². The van der Waals surface area contributed by atoms with E-state index in [0.29, 0.717) is 65.6 Å². The predicted octanol–water partition coefficient (Wildman–Crippen LogP) is 5.69. The maximum absolute atomic E-state index is 14.5. The van der Waals surface area contributed by atoms with E-state index in [0.717, 1.165) is 24.0 Å². The zero-order valence-corrected chi connectivity index (χ0v) is 26.2. The summed E-state index contributed by atoms with van der Waals surface area (Å²) in [6.45, 7) is 0.972. The number of hydrogen-bond acceptors (Lipinski definition) is 7. The van der Waals surface area contributed by atoms with E-state index in [-0.39, 0.29) is 30.7 Å². The Hall–Kier alpha value is -4.24. The van der Waals surface area contributed by atoms with Crippen molar-refractivity contribution in [1.29, 1.82) is 0 Å². The van der Waals surface area contributed by atoms with Crippen LogP contribution in [0.2, 0.25) is 5.02 Å². The Labute approximate surface area is 267 Å². The van der Waals surface area contributed by atoms with Crippen molar-refractivity contribution >= 4 is 29.4 Å². The number of benzene rings is 3. The van der Waals surface area contributed by atoms with Gasteiger partial charge in [-0.2, -0.15) is 0 Å². The maximum Gasteiger partial charge on any atom is 0.310 e. The smallest absolute Gasteiger partial charge is 0.310 e. The number of aromatic hydroxyl groups is 1. The van der Waals surface area contributed by atoms with Crippen molar-refractivity contribution in [2.24, 2.45) is 11.8 Å². The standard InChI is InChI=1S/C35H37ClN2O7/c1-43-23-12-11-22(31(17-23)44-2)20-45-35(42)26-10-6-5-9-25(26)34(41)38-16-15-27-28(36)13-14-30(39)32(27)29(38)19-37-18-21-7-3-4-8-24(21)33(37)40/h3-4,7-8,11-14,17,25-26,29,39H,5-6,9-10,15-16,18-20H2,1-2H3/t25-,26+,29?/m1/s1. The largest absolute Gasteiger partial charge is 0.508 e. The van der Waals surface area contributed by atoms with Crippen LogP contribution in [0.4, 0.5) is 0 Å². The number of fused-ring (bicyclic) bond motifs is 2. The summed E-state index contributed by atoms with van der Waals surface area (Å²) in [5.74, 6) is -0.679. The molecule has 0 radical (unpaired) electrons. The summed E-state index contributed by atoms with van der Waals surface area (Å²) in [6, 6.07) is 15.4. The molecule has 0 saturated heterocycles. The number of esters is 1. The fourth-order valence-corrected chi connectivity index (χ4v) is 7.33. The quantitative estimate of drug-likeness (QED) is 0.318. The summed E-state index contributed by atoms with van der Waals surface area (Å²) in [5.41, 5.74) is 3.61. The molecule has 1 N–H and O–H groups in total. The molecule has 0 spiro atoms. The molecule has 2 aliphatic heterocycles. The Morgan fingerprint density at radius 2 is 1.78 bits per heavy atom. The molecule has 2 amide bonds. The third kappa shape index (κ3) is 5.93. The van der Waals surface area contributed by atoms with Gasteiger partial charge in [-0.15, -0.1) is 0 Å². The second kappa shape index (κ2) is 13.0. The van der Waals surface area contributed by atoms with Crippen molar-refractivity contribution < 1.29 is 33.7 Å². The van der Waals surface area contributed by atoms with Crippen molar-refractivity contribution in [1.82, 2.24) is 9.80 Å². The molecule has 6 rings (SSSR count). The minimum absolute atomic E-state index is 0.00707. The summed E-state index contributed by atoms with van der Waals surface area (Å²) in [4.78, 5) is 44.9. The monoisotopic (exact) mass is 632 g/mol. The van der Waals surface area contributed by atoms with Gasteiger partial charge < -0.3 is 29.1 Å². The van der Waals surface area contributed by atoms with Gasteiger partial charge in [0, 0.05) is 47.4 Å². The second-order valence-corrected chi connectivity index (χ2v) is 12.3. The molecule has 236 valence electrons. The van der Waals surface area contributed by atoms with Crippen LogP contribution in [0.15, 0.2) is 54.6 Å². The number of rotatable bonds is 8. The third-order valence-corrected chi connectivity index (χ3v) is 9.77. The minimum Gasteiger partial charge on any atom is -0.508 e. The lowest BCUT2D eigenvalue weighted by Crippen LogP contribution is -2.50. The number of carbonyl (C=O) groups is 3. The van der Waals surface area contributed by atoms with Crippen molar-refractivity contribution in [2.75, 3.05) is 27.3 Å². The van der Waals surface area contributed by atoms with Gasteiger partial charge >= 0.3 is 5.97 Å². The molecule has 0 aromatic heterocycles. The lowest BCUT2D eigenvalue weighted by atomic mass is 9.77. The van der Waals surface area contributed by atoms with Gasteiger partial charge in [0.2, 0.25) is 5.91 Å². The first-order valence-electron chi connectivity index (χ1n) is 15.4. The van der Waals surface area contributed by atoms with Crippen LogP contribution in [0, 0.1) is 11.8 Å². The van der Waals surface area contributed by atoms with Crippen LogP contribution in [0.5, 0.6) is 17.2 Å². The number of amides is 2. The van der Waals surface area contributed by atoms with E-state index < -0.39 is 23.8 Å². The molecule has 10 heteroatoms. The normalized spacial score (nSPS) is 20.8. The van der Waals surface area contributed by atoms with E-state index in [1.54, 1.807) is 48.3 Å². The van der Waals surface area contributed by atoms with Gasteiger partial charge in [0.05, 0.1) is 32.1 Å². The van der Waals surface area contributed by atoms with Crippen molar-refractivity contribution in [3.05, 3.63) is 87.4 Å². The average Bonchev–Trinajstić information content (AvgIpc) is 3.39. The molecule has 3 atom stereocenters. The zero-order chi connectivity index (χ0) is 31.7. The Morgan fingerprint density at radius 3 is 2.53 bits per heavy atom. The molecular weight excluding hydrogens is 596 g/mol. The molecule has 1 aliphatic carbocycles. The van der Waals surface area contributed by atoms with Gasteiger partial charge in [0.1, 0.15) is 23.9 Å². The number of carbonyl (C=O) groups excluding carboxylic acids is 3. The van der Waals surface area contributed by atoms with Crippen LogP contribution in [-0.4, -0.2) is 60.0 Å². The van der Waals surface area contributed by atoms with E-state index >= 15 is 0 Å². The van der Waals surface area contributed by atoms with E-state index in [9.17, 15) is 19.5 Å². The molecule has 9 nitrogen and oxygen atoms in total. The Bertz CT molecular complexity index is 1630. The number of methoxy groups -OCH3 is 2. The summed E-state index contributed by atoms with van der Waals surface area (Å²) >= 11 is 6.59. The molecule has 3 aromatic carbocycles. The van der Waals surface area contributed by atoms with Crippen LogP contribution in [0.1, 0.15) is 64.3 Å². The predicted molar refractivity (Wildman–Crippen MR) is 167 cm³/mol. The Morgan fingerprint density at radius 1 is 1.00 bits per heavy atom. The fourth-order valence-electron chi connectivity index (χ4n) is 7.07. The molecule has 3 aliphatic rings. The number of halogens is 1. The zero-order valence-electron chi connectivity index (χ0n) is 25.5. The first-order valence-corrected chi connectivity index (χ1v) is 15.7. The number of phenols is 1. The second-order valence-electron chi connectivity index (χ2n) is 11.9. The topological polar surface area (TPSA) is 106 Å². The summed E-state index contributed by atoms with van der Waals surface area (Å²) in [7, 11) is 3.11. The molecule has 3 aromatic rings. The van der Waals surface area contributed by atoms with Gasteiger partial charge in [-0.05, 0) is 60.7 Å². The van der Waals surface area contributed by atoms with E-state index in [4.69, 9.17) is 25.8 Å². The van der Waals surface area contributed by atoms with Gasteiger partial charge in [-0.1, -0.05) is 42.6 Å². The van der Waals surface area contributed by atoms with E-state index in [2.05, 4.69) is 0 Å². The minimum atomic E-state index is -0.625. The number of hydrogen-bond donors (Lipinski definition) is 1. The van der Waals surface area contributed by atoms with Crippen LogP contribution < -0.4 is 9.47 Å². The molecular formula is C35H37ClN2O7. The lowest BCUT2D eigenvalue weighted by Gasteiger charge is -2.42. The van der Waals surface area contributed by atoms with Crippen LogP contribution in [0.3, 0.4) is 0 Å². The molecule has 1 saturated carbocycles. The average molecular weight is 633 g/mol. The highest BCUT2D eigenvalue weighted by Gasteiger charge is 2.44. The summed E-state index contributed by atoms with van der Waals surface area (Å²) < 4.78 is 16.5. The van der Waals surface area contributed by atoms with E-state index in [1.807, 2.05) is 24.3 Å². The first-order chi connectivity index (χ1) is 21.8. The van der Waals surface area contributed by atoms with Crippen molar-refractivity contribution in [3.8, 4) is 17.2 Å². The number of phenolic OH excluding ortho intramolecular Hbond substituents is 1. The van der Waals surface area contributed by atoms with Gasteiger partial charge in [-0.25, -0.2) is 0 Å². The van der Waals surface area contributed by atoms with Crippen LogP contribution >= 0.6 is 11.6 Å². The lowest BCUT2D eigenvalue weighted by molar-refractivity contribution is -0.159. The summed E-state index contributed by atoms with van der Waals surface area (Å²) in [6.07, 6.45) is 3.19. The fraction of sp³-hybridized carbons (Fsp3) is 0.400. The van der Waals surface area contributed by atoms with Crippen molar-refractivity contribution in [3.63, 3.8) is 0 Å². The van der Waals surface area contributed by atoms with E-state index in [1.165, 1.54) is 6.07 Å². The molecule has 45 heavy (non-hydrogen) atoms. The number of nitrogens with zero attached hydrogens (tertiary/aromatic N) is 2. The first kappa shape index (κ1) is 30.8. The highest BCUT2D eigenvalue weighted by molar-refractivity contribution is 6.31. The van der Waals surface area contributed by atoms with Crippen LogP contribution in [-0.2, 0) is 33.9 Å². The third-order valence-electron chi connectivity index (χ3n) is 9.41.